The van der Waals surface area contributed by atoms with Crippen LogP contribution in [0.3, 0.4) is 0 Å². The SMILES string of the molecule is NC(CNC(=O)c1ccccc1-n1cccn1)C1CC1. The van der Waals surface area contributed by atoms with Gasteiger partial charge in [-0.2, -0.15) is 5.10 Å². The summed E-state index contributed by atoms with van der Waals surface area (Å²) in [5, 5.41) is 7.09. The van der Waals surface area contributed by atoms with E-state index in [1.165, 1.54) is 12.8 Å². The molecule has 5 nitrogen and oxygen atoms in total. The summed E-state index contributed by atoms with van der Waals surface area (Å²) in [6.45, 7) is 0.525. The molecule has 104 valence electrons. The Balaban J connectivity index is 1.74. The van der Waals surface area contributed by atoms with E-state index in [-0.39, 0.29) is 11.9 Å². The molecule has 0 bridgehead atoms. The van der Waals surface area contributed by atoms with Crippen molar-refractivity contribution in [3.05, 3.63) is 48.3 Å². The van der Waals surface area contributed by atoms with Gasteiger partial charge in [0.15, 0.2) is 0 Å². The van der Waals surface area contributed by atoms with Gasteiger partial charge in [-0.1, -0.05) is 12.1 Å². The van der Waals surface area contributed by atoms with E-state index in [2.05, 4.69) is 10.4 Å². The first-order chi connectivity index (χ1) is 9.75. The fourth-order valence-corrected chi connectivity index (χ4v) is 2.27. The highest BCUT2D eigenvalue weighted by Gasteiger charge is 2.28. The van der Waals surface area contributed by atoms with Crippen molar-refractivity contribution in [2.75, 3.05) is 6.54 Å². The van der Waals surface area contributed by atoms with Crippen molar-refractivity contribution in [3.63, 3.8) is 0 Å². The number of nitrogens with one attached hydrogen (secondary N) is 1. The van der Waals surface area contributed by atoms with Crippen molar-refractivity contribution in [2.45, 2.75) is 18.9 Å². The van der Waals surface area contributed by atoms with Gasteiger partial charge >= 0.3 is 0 Å². The molecule has 2 aromatic rings. The number of amides is 1. The molecule has 1 amide bonds. The zero-order valence-electron chi connectivity index (χ0n) is 11.2. The molecule has 1 fully saturated rings. The van der Waals surface area contributed by atoms with Crippen LogP contribution in [0, 0.1) is 5.92 Å². The number of carbonyl (C=O) groups excluding carboxylic acids is 1. The number of carbonyl (C=O) groups is 1. The van der Waals surface area contributed by atoms with Crippen LogP contribution in [-0.2, 0) is 0 Å². The minimum atomic E-state index is -0.104. The van der Waals surface area contributed by atoms with Crippen LogP contribution in [0.25, 0.3) is 5.69 Å². The molecule has 0 radical (unpaired) electrons. The van der Waals surface area contributed by atoms with Crippen molar-refractivity contribution < 1.29 is 4.79 Å². The van der Waals surface area contributed by atoms with Gasteiger partial charge in [0.2, 0.25) is 0 Å². The fourth-order valence-electron chi connectivity index (χ4n) is 2.27. The molecule has 1 aliphatic rings. The third-order valence-electron chi connectivity index (χ3n) is 3.63. The first-order valence-corrected chi connectivity index (χ1v) is 6.88. The van der Waals surface area contributed by atoms with E-state index in [1.807, 2.05) is 30.5 Å². The summed E-state index contributed by atoms with van der Waals surface area (Å²) in [7, 11) is 0. The zero-order valence-corrected chi connectivity index (χ0v) is 11.2. The van der Waals surface area contributed by atoms with E-state index in [4.69, 9.17) is 5.73 Å². The van der Waals surface area contributed by atoms with Crippen LogP contribution in [-0.4, -0.2) is 28.3 Å². The topological polar surface area (TPSA) is 72.9 Å². The highest BCUT2D eigenvalue weighted by Crippen LogP contribution is 2.31. The Morgan fingerprint density at radius 3 is 2.90 bits per heavy atom. The van der Waals surface area contributed by atoms with Gasteiger partial charge < -0.3 is 11.1 Å². The second kappa shape index (κ2) is 5.46. The third-order valence-corrected chi connectivity index (χ3v) is 3.63. The Hall–Kier alpha value is -2.14. The van der Waals surface area contributed by atoms with Gasteiger partial charge in [-0.15, -0.1) is 0 Å². The fraction of sp³-hybridized carbons (Fsp3) is 0.333. The van der Waals surface area contributed by atoms with Crippen LogP contribution < -0.4 is 11.1 Å². The monoisotopic (exact) mass is 270 g/mol. The molecule has 0 spiro atoms. The van der Waals surface area contributed by atoms with E-state index < -0.39 is 0 Å². The summed E-state index contributed by atoms with van der Waals surface area (Å²) in [4.78, 5) is 12.3. The molecule has 1 aromatic heterocycles. The maximum absolute atomic E-state index is 12.3. The Morgan fingerprint density at radius 1 is 1.40 bits per heavy atom. The quantitative estimate of drug-likeness (QED) is 0.861. The number of hydrogen-bond donors (Lipinski definition) is 2. The largest absolute Gasteiger partial charge is 0.350 e. The normalized spacial score (nSPS) is 15.8. The first-order valence-electron chi connectivity index (χ1n) is 6.88. The van der Waals surface area contributed by atoms with E-state index in [1.54, 1.807) is 16.9 Å². The number of aromatic nitrogens is 2. The highest BCUT2D eigenvalue weighted by molar-refractivity contribution is 5.97. The molecular formula is C15H18N4O. The van der Waals surface area contributed by atoms with Crippen molar-refractivity contribution in [2.24, 2.45) is 11.7 Å². The molecule has 1 aromatic carbocycles. The number of hydrogen-bond acceptors (Lipinski definition) is 3. The molecule has 1 aliphatic carbocycles. The predicted molar refractivity (Wildman–Crippen MR) is 76.6 cm³/mol. The molecule has 20 heavy (non-hydrogen) atoms. The molecular weight excluding hydrogens is 252 g/mol. The molecule has 3 rings (SSSR count). The molecule has 1 atom stereocenters. The standard InChI is InChI=1S/C15H18N4O/c16-13(11-6-7-11)10-17-15(20)12-4-1-2-5-14(12)19-9-3-8-18-19/h1-5,8-9,11,13H,6-7,10,16H2,(H,17,20). The smallest absolute Gasteiger partial charge is 0.253 e. The lowest BCUT2D eigenvalue weighted by Crippen LogP contribution is -2.38. The predicted octanol–water partition coefficient (Wildman–Crippen LogP) is 1.34. The Kier molecular flexibility index (Phi) is 3.52. The van der Waals surface area contributed by atoms with Crippen LogP contribution in [0.2, 0.25) is 0 Å². The molecule has 5 heteroatoms. The minimum absolute atomic E-state index is 0.0656. The number of benzene rings is 1. The third kappa shape index (κ3) is 2.72. The molecule has 0 aliphatic heterocycles. The average Bonchev–Trinajstić information content (AvgIpc) is 3.19. The molecule has 3 N–H and O–H groups in total. The van der Waals surface area contributed by atoms with E-state index in [0.29, 0.717) is 18.0 Å². The van der Waals surface area contributed by atoms with Gasteiger partial charge in [0.05, 0.1) is 11.3 Å². The van der Waals surface area contributed by atoms with Gasteiger partial charge in [-0.25, -0.2) is 4.68 Å². The number of nitrogens with two attached hydrogens (primary N) is 1. The summed E-state index contributed by atoms with van der Waals surface area (Å²) >= 11 is 0. The Bertz CT molecular complexity index is 590. The number of para-hydroxylation sites is 1. The van der Waals surface area contributed by atoms with Crippen molar-refractivity contribution in [1.82, 2.24) is 15.1 Å². The molecule has 1 saturated carbocycles. The number of rotatable bonds is 5. The van der Waals surface area contributed by atoms with Crippen molar-refractivity contribution in [3.8, 4) is 5.69 Å². The molecule has 0 saturated heterocycles. The van der Waals surface area contributed by atoms with Crippen LogP contribution >= 0.6 is 0 Å². The summed E-state index contributed by atoms with van der Waals surface area (Å²) < 4.78 is 1.69. The Labute approximate surface area is 117 Å². The van der Waals surface area contributed by atoms with Crippen LogP contribution in [0.5, 0.6) is 0 Å². The van der Waals surface area contributed by atoms with Gasteiger partial charge in [0.25, 0.3) is 5.91 Å². The maximum atomic E-state index is 12.3. The average molecular weight is 270 g/mol. The summed E-state index contributed by atoms with van der Waals surface area (Å²) in [6, 6.07) is 9.32. The van der Waals surface area contributed by atoms with E-state index in [9.17, 15) is 4.79 Å². The van der Waals surface area contributed by atoms with Gasteiger partial charge in [0.1, 0.15) is 0 Å². The van der Waals surface area contributed by atoms with Crippen molar-refractivity contribution in [1.29, 1.82) is 0 Å². The lowest BCUT2D eigenvalue weighted by molar-refractivity contribution is 0.0950. The maximum Gasteiger partial charge on any atom is 0.253 e. The minimum Gasteiger partial charge on any atom is -0.350 e. The van der Waals surface area contributed by atoms with Crippen molar-refractivity contribution >= 4 is 5.91 Å². The summed E-state index contributed by atoms with van der Waals surface area (Å²) in [5.74, 6) is 0.476. The van der Waals surface area contributed by atoms with Gasteiger partial charge in [-0.3, -0.25) is 4.79 Å². The zero-order chi connectivity index (χ0) is 13.9. The van der Waals surface area contributed by atoms with E-state index >= 15 is 0 Å². The summed E-state index contributed by atoms with van der Waals surface area (Å²) in [6.07, 6.45) is 5.88. The summed E-state index contributed by atoms with van der Waals surface area (Å²) in [5.41, 5.74) is 7.39. The van der Waals surface area contributed by atoms with Crippen LogP contribution in [0.1, 0.15) is 23.2 Å². The van der Waals surface area contributed by atoms with Gasteiger partial charge in [-0.05, 0) is 37.0 Å². The van der Waals surface area contributed by atoms with Crippen LogP contribution in [0.15, 0.2) is 42.7 Å². The first kappa shape index (κ1) is 12.9. The highest BCUT2D eigenvalue weighted by atomic mass is 16.1. The lowest BCUT2D eigenvalue weighted by Gasteiger charge is -2.13. The molecule has 1 heterocycles. The lowest BCUT2D eigenvalue weighted by atomic mass is 10.1. The molecule has 1 unspecified atom stereocenters. The van der Waals surface area contributed by atoms with Crippen LogP contribution in [0.4, 0.5) is 0 Å². The Morgan fingerprint density at radius 2 is 2.20 bits per heavy atom. The second-order valence-corrected chi connectivity index (χ2v) is 5.18. The van der Waals surface area contributed by atoms with E-state index in [0.717, 1.165) is 5.69 Å². The second-order valence-electron chi connectivity index (χ2n) is 5.18. The van der Waals surface area contributed by atoms with Gasteiger partial charge in [0, 0.05) is 25.0 Å². The number of nitrogens with zero attached hydrogens (tertiary/aromatic N) is 2.